The predicted octanol–water partition coefficient (Wildman–Crippen LogP) is -3.33. The molecule has 1 heterocycles. The van der Waals surface area contributed by atoms with Gasteiger partial charge in [0.2, 0.25) is 0 Å². The summed E-state index contributed by atoms with van der Waals surface area (Å²) < 4.78 is 0.322. The van der Waals surface area contributed by atoms with E-state index in [0.717, 1.165) is 0 Å². The first-order valence-electron chi connectivity index (χ1n) is 2.34. The number of H-pyrrole nitrogens is 1. The summed E-state index contributed by atoms with van der Waals surface area (Å²) in [6, 6.07) is 0. The maximum Gasteiger partial charge on any atom is 0.366 e. The quantitative estimate of drug-likeness (QED) is 0.486. The summed E-state index contributed by atoms with van der Waals surface area (Å²) in [6.07, 6.45) is 0. The van der Waals surface area contributed by atoms with Crippen LogP contribution in [0.3, 0.4) is 0 Å². The van der Waals surface area contributed by atoms with Gasteiger partial charge in [-0.25, -0.2) is 14.4 Å². The van der Waals surface area contributed by atoms with Gasteiger partial charge < -0.3 is 11.0 Å². The van der Waals surface area contributed by atoms with Crippen LogP contribution in [0.2, 0.25) is 0 Å². The molecule has 0 atom stereocenters. The fourth-order valence-electron chi connectivity index (χ4n) is 0.440. The Morgan fingerprint density at radius 2 is 1.21 bits per heavy atom. The minimum atomic E-state index is -1.10. The molecule has 0 aliphatic rings. The summed E-state index contributed by atoms with van der Waals surface area (Å²) in [5.74, 6) is 0. The van der Waals surface area contributed by atoms with E-state index in [1.165, 1.54) is 0 Å². The summed E-state index contributed by atoms with van der Waals surface area (Å²) in [7, 11) is 0. The van der Waals surface area contributed by atoms with E-state index in [1.54, 1.807) is 4.98 Å². The van der Waals surface area contributed by atoms with Crippen LogP contribution in [0.15, 0.2) is 14.4 Å². The predicted molar refractivity (Wildman–Crippen MR) is 51.1 cm³/mol. The molecule has 0 fully saturated rings. The molecule has 1 aromatic heterocycles. The minimum Gasteiger partial charge on any atom is -0.412 e. The molecule has 0 saturated heterocycles. The molecule has 5 N–H and O–H groups in total. The molecule has 77 valence electrons. The molecule has 1 radical (unpaired) electrons. The number of rotatable bonds is 0. The van der Waals surface area contributed by atoms with Gasteiger partial charge in [-0.3, -0.25) is 4.98 Å². The van der Waals surface area contributed by atoms with Crippen molar-refractivity contribution >= 4 is 53.1 Å². The first-order valence-corrected chi connectivity index (χ1v) is 3.02. The van der Waals surface area contributed by atoms with E-state index in [4.69, 9.17) is 23.6 Å². The maximum atomic E-state index is 10.7. The molecular weight excluding hydrogens is 252 g/mol. The molecule has 0 saturated carbocycles. The zero-order valence-corrected chi connectivity index (χ0v) is 10.4. The van der Waals surface area contributed by atoms with E-state index in [-0.39, 0.29) is 48.7 Å². The molecule has 0 aliphatic carbocycles. The third-order valence-electron chi connectivity index (χ3n) is 0.906. The second kappa shape index (κ2) is 7.23. The Balaban J connectivity index is -0.000000403. The van der Waals surface area contributed by atoms with Crippen LogP contribution in [-0.2, 0) is 0 Å². The topological polar surface area (TPSA) is 140 Å². The number of aromatic amines is 1. The van der Waals surface area contributed by atoms with E-state index in [9.17, 15) is 14.4 Å². The van der Waals surface area contributed by atoms with Crippen LogP contribution in [0.5, 0.6) is 0 Å². The van der Waals surface area contributed by atoms with Gasteiger partial charge in [-0.15, -0.1) is 8.17 Å². The average molecular weight is 257 g/mol. The second-order valence-corrected chi connectivity index (χ2v) is 2.26. The number of hydrogen-bond donors (Lipinski definition) is 1. The molecule has 8 nitrogen and oxygen atoms in total. The molecular formula is C3H5Cl2N3NaO5. The first kappa shape index (κ1) is 19.5. The van der Waals surface area contributed by atoms with Crippen LogP contribution in [0, 0.1) is 0 Å². The van der Waals surface area contributed by atoms with E-state index in [2.05, 4.69) is 0 Å². The smallest absolute Gasteiger partial charge is 0.366 e. The molecule has 0 aliphatic heterocycles. The largest absolute Gasteiger partial charge is 0.412 e. The van der Waals surface area contributed by atoms with E-state index >= 15 is 0 Å². The van der Waals surface area contributed by atoms with Crippen LogP contribution in [0.4, 0.5) is 0 Å². The fraction of sp³-hybridized carbons (Fsp3) is 0. The average Bonchev–Trinajstić information content (AvgIpc) is 1.97. The van der Waals surface area contributed by atoms with Gasteiger partial charge in [0.1, 0.15) is 0 Å². The monoisotopic (exact) mass is 256 g/mol. The van der Waals surface area contributed by atoms with Gasteiger partial charge in [0.25, 0.3) is 0 Å². The third kappa shape index (κ3) is 3.58. The van der Waals surface area contributed by atoms with Gasteiger partial charge in [-0.2, -0.15) is 0 Å². The van der Waals surface area contributed by atoms with Crippen molar-refractivity contribution in [2.24, 2.45) is 0 Å². The Hall–Kier alpha value is -0.0900. The van der Waals surface area contributed by atoms with Crippen molar-refractivity contribution in [3.63, 3.8) is 0 Å². The van der Waals surface area contributed by atoms with E-state index in [0.29, 0.717) is 0 Å². The summed E-state index contributed by atoms with van der Waals surface area (Å²) >= 11 is 10.1. The standard InChI is InChI=1S/C3HCl2N3O3.Na.2H2O/c4-7-1(9)6-2(10)8(5)3(7)11;;;/h(H,6,9,10);;2*1H2. The normalized spacial score (nSPS) is 7.86. The minimum absolute atomic E-state index is 0. The molecule has 1 aromatic rings. The molecule has 14 heavy (non-hydrogen) atoms. The van der Waals surface area contributed by atoms with Crippen molar-refractivity contribution in [1.29, 1.82) is 0 Å². The summed E-state index contributed by atoms with van der Waals surface area (Å²) in [6.45, 7) is 0. The van der Waals surface area contributed by atoms with E-state index in [1.807, 2.05) is 0 Å². The zero-order valence-electron chi connectivity index (χ0n) is 6.88. The zero-order chi connectivity index (χ0) is 8.59. The van der Waals surface area contributed by atoms with Crippen molar-refractivity contribution in [3.05, 3.63) is 31.5 Å². The molecule has 1 rings (SSSR count). The number of aromatic nitrogens is 3. The van der Waals surface area contributed by atoms with Crippen molar-refractivity contribution < 1.29 is 11.0 Å². The molecule has 0 aromatic carbocycles. The summed E-state index contributed by atoms with van der Waals surface area (Å²) in [4.78, 5) is 33.4. The number of nitrogens with one attached hydrogen (secondary N) is 1. The first-order chi connectivity index (χ1) is 5.04. The van der Waals surface area contributed by atoms with Gasteiger partial charge in [0.15, 0.2) is 0 Å². The SMILES string of the molecule is O.O.O=c1[nH]c(=O)n(Cl)c(=O)n1Cl.[Na]. The number of nitrogens with zero attached hydrogens (tertiary/aromatic N) is 2. The maximum absolute atomic E-state index is 10.7. The molecule has 0 unspecified atom stereocenters. The van der Waals surface area contributed by atoms with Gasteiger partial charge in [0, 0.05) is 53.1 Å². The van der Waals surface area contributed by atoms with Gasteiger partial charge in [-0.1, -0.05) is 0 Å². The van der Waals surface area contributed by atoms with Gasteiger partial charge >= 0.3 is 17.1 Å². The van der Waals surface area contributed by atoms with E-state index < -0.39 is 17.1 Å². The van der Waals surface area contributed by atoms with Gasteiger partial charge in [0.05, 0.1) is 0 Å². The fourth-order valence-corrected chi connectivity index (χ4v) is 0.715. The van der Waals surface area contributed by atoms with Crippen molar-refractivity contribution in [2.45, 2.75) is 0 Å². The molecule has 0 spiro atoms. The van der Waals surface area contributed by atoms with Crippen molar-refractivity contribution in [3.8, 4) is 0 Å². The van der Waals surface area contributed by atoms with Crippen LogP contribution < -0.4 is 17.1 Å². The van der Waals surface area contributed by atoms with Gasteiger partial charge in [-0.05, 0) is 0 Å². The Bertz CT molecular complexity index is 412. The Morgan fingerprint density at radius 1 is 0.929 bits per heavy atom. The Labute approximate surface area is 108 Å². The Kier molecular flexibility index (Phi) is 10.1. The Morgan fingerprint density at radius 3 is 1.50 bits per heavy atom. The molecule has 11 heteroatoms. The van der Waals surface area contributed by atoms with Crippen LogP contribution in [-0.4, -0.2) is 53.7 Å². The second-order valence-electron chi connectivity index (χ2n) is 1.58. The number of halogens is 2. The molecule has 0 bridgehead atoms. The van der Waals surface area contributed by atoms with Crippen LogP contribution in [0.25, 0.3) is 0 Å². The molecule has 0 amide bonds. The summed E-state index contributed by atoms with van der Waals surface area (Å²) in [5.41, 5.74) is -3.13. The van der Waals surface area contributed by atoms with Crippen LogP contribution in [0.1, 0.15) is 0 Å². The number of hydrogen-bond acceptors (Lipinski definition) is 3. The third-order valence-corrected chi connectivity index (χ3v) is 1.50. The van der Waals surface area contributed by atoms with Crippen LogP contribution >= 0.6 is 23.6 Å². The van der Waals surface area contributed by atoms with Crippen molar-refractivity contribution in [1.82, 2.24) is 13.2 Å². The summed E-state index contributed by atoms with van der Waals surface area (Å²) in [5, 5.41) is 0. The van der Waals surface area contributed by atoms with Crippen molar-refractivity contribution in [2.75, 3.05) is 0 Å².